The topological polar surface area (TPSA) is 88.8 Å². The number of hydrogen-bond acceptors (Lipinski definition) is 5. The first-order valence-electron chi connectivity index (χ1n) is 9.80. The van der Waals surface area contributed by atoms with Crippen LogP contribution in [0.1, 0.15) is 48.7 Å². The molecule has 0 spiro atoms. The van der Waals surface area contributed by atoms with Gasteiger partial charge in [0.05, 0.1) is 19.9 Å². The second kappa shape index (κ2) is 9.00. The lowest BCUT2D eigenvalue weighted by molar-refractivity contribution is 0.0775. The maximum Gasteiger partial charge on any atom is 0.254 e. The van der Waals surface area contributed by atoms with Gasteiger partial charge in [0.25, 0.3) is 5.91 Å². The molecule has 1 fully saturated rings. The minimum absolute atomic E-state index is 0.0185. The first-order valence-corrected chi connectivity index (χ1v) is 11.3. The number of nitrogens with zero attached hydrogens (tertiary/aromatic N) is 1. The van der Waals surface area contributed by atoms with Crippen LogP contribution in [0.2, 0.25) is 0 Å². The van der Waals surface area contributed by atoms with Gasteiger partial charge >= 0.3 is 0 Å². The average Bonchev–Trinajstić information content (AvgIpc) is 3.21. The fourth-order valence-corrected chi connectivity index (χ4v) is 5.28. The predicted molar refractivity (Wildman–Crippen MR) is 109 cm³/mol. The Morgan fingerprint density at radius 3 is 2.69 bits per heavy atom. The van der Waals surface area contributed by atoms with Crippen LogP contribution in [0.4, 0.5) is 0 Å². The fourth-order valence-electron chi connectivity index (χ4n) is 3.70. The van der Waals surface area contributed by atoms with E-state index >= 15 is 0 Å². The van der Waals surface area contributed by atoms with E-state index in [1.165, 1.54) is 24.1 Å². The summed E-state index contributed by atoms with van der Waals surface area (Å²) in [6.07, 6.45) is 5.48. The van der Waals surface area contributed by atoms with Crippen LogP contribution in [0.15, 0.2) is 45.9 Å². The fraction of sp³-hybridized carbons (Fsp3) is 0.476. The molecule has 1 amide bonds. The van der Waals surface area contributed by atoms with E-state index in [4.69, 9.17) is 9.15 Å². The molecular formula is C21H28N2O5S. The molecule has 1 N–H and O–H groups in total. The summed E-state index contributed by atoms with van der Waals surface area (Å²) in [4.78, 5) is 14.3. The third-order valence-electron chi connectivity index (χ3n) is 5.44. The third-order valence-corrected chi connectivity index (χ3v) is 6.95. The number of amides is 1. The maximum atomic E-state index is 13.1. The summed E-state index contributed by atoms with van der Waals surface area (Å²) in [6.45, 7) is 2.35. The van der Waals surface area contributed by atoms with Crippen molar-refractivity contribution >= 4 is 15.9 Å². The molecule has 1 saturated carbocycles. The van der Waals surface area contributed by atoms with Gasteiger partial charge in [0.2, 0.25) is 10.0 Å². The Bertz CT molecular complexity index is 940. The van der Waals surface area contributed by atoms with Crippen LogP contribution >= 0.6 is 0 Å². The van der Waals surface area contributed by atoms with Gasteiger partial charge in [-0.25, -0.2) is 13.1 Å². The molecule has 0 radical (unpaired) electrons. The lowest BCUT2D eigenvalue weighted by atomic mass is 9.87. The largest absolute Gasteiger partial charge is 0.495 e. The summed E-state index contributed by atoms with van der Waals surface area (Å²) < 4.78 is 39.6. The second-order valence-electron chi connectivity index (χ2n) is 7.60. The van der Waals surface area contributed by atoms with Crippen LogP contribution in [0.25, 0.3) is 0 Å². The molecule has 1 aromatic carbocycles. The number of carbonyl (C=O) groups excluding carboxylic acids is 1. The monoisotopic (exact) mass is 420 g/mol. The van der Waals surface area contributed by atoms with Crippen LogP contribution < -0.4 is 9.46 Å². The zero-order chi connectivity index (χ0) is 21.0. The van der Waals surface area contributed by atoms with E-state index in [2.05, 4.69) is 11.6 Å². The van der Waals surface area contributed by atoms with Crippen molar-refractivity contribution in [3.05, 3.63) is 47.9 Å². The van der Waals surface area contributed by atoms with Gasteiger partial charge in [0.1, 0.15) is 16.4 Å². The Morgan fingerprint density at radius 1 is 1.28 bits per heavy atom. The maximum absolute atomic E-state index is 13.1. The van der Waals surface area contributed by atoms with Crippen LogP contribution in [0, 0.1) is 5.92 Å². The molecule has 2 aromatic rings. The van der Waals surface area contributed by atoms with Crippen molar-refractivity contribution < 1.29 is 22.4 Å². The quantitative estimate of drug-likeness (QED) is 0.741. The van der Waals surface area contributed by atoms with E-state index < -0.39 is 10.0 Å². The van der Waals surface area contributed by atoms with Crippen molar-refractivity contribution in [1.82, 2.24) is 9.62 Å². The zero-order valence-electron chi connectivity index (χ0n) is 17.1. The summed E-state index contributed by atoms with van der Waals surface area (Å²) in [5, 5.41) is 0. The van der Waals surface area contributed by atoms with Crippen molar-refractivity contribution in [2.24, 2.45) is 5.92 Å². The molecule has 158 valence electrons. The third kappa shape index (κ3) is 5.00. The van der Waals surface area contributed by atoms with Gasteiger partial charge < -0.3 is 14.1 Å². The highest BCUT2D eigenvalue weighted by molar-refractivity contribution is 7.89. The number of methoxy groups -OCH3 is 1. The standard InChI is InChI=1S/C21H28N2O5S/c1-15-7-4-5-9-18(15)22-29(25,26)20-13-16(10-11-19(20)27-3)21(24)23(2)14-17-8-6-12-28-17/h6,8,10-13,15,18,22H,4-5,7,9,14H2,1-3H3. The second-order valence-corrected chi connectivity index (χ2v) is 9.28. The molecule has 0 bridgehead atoms. The predicted octanol–water partition coefficient (Wildman–Crippen LogP) is 3.42. The van der Waals surface area contributed by atoms with Gasteiger partial charge in [-0.2, -0.15) is 0 Å². The van der Waals surface area contributed by atoms with E-state index in [0.29, 0.717) is 5.76 Å². The number of ether oxygens (including phenoxy) is 1. The number of hydrogen-bond donors (Lipinski definition) is 1. The summed E-state index contributed by atoms with van der Waals surface area (Å²) >= 11 is 0. The Morgan fingerprint density at radius 2 is 2.03 bits per heavy atom. The minimum Gasteiger partial charge on any atom is -0.495 e. The van der Waals surface area contributed by atoms with Crippen LogP contribution in [-0.4, -0.2) is 39.4 Å². The van der Waals surface area contributed by atoms with Crippen LogP contribution in [0.3, 0.4) is 0 Å². The number of nitrogens with one attached hydrogen (secondary N) is 1. The lowest BCUT2D eigenvalue weighted by Crippen LogP contribution is -2.41. The van der Waals surface area contributed by atoms with Gasteiger partial charge in [-0.05, 0) is 49.1 Å². The highest BCUT2D eigenvalue weighted by Crippen LogP contribution is 2.29. The minimum atomic E-state index is -3.83. The van der Waals surface area contributed by atoms with E-state index in [1.807, 2.05) is 0 Å². The van der Waals surface area contributed by atoms with E-state index in [1.54, 1.807) is 31.5 Å². The summed E-state index contributed by atoms with van der Waals surface area (Å²) in [7, 11) is -0.769. The summed E-state index contributed by atoms with van der Waals surface area (Å²) in [5.74, 6) is 0.835. The number of sulfonamides is 1. The van der Waals surface area contributed by atoms with Crippen molar-refractivity contribution in [1.29, 1.82) is 0 Å². The Labute approximate surface area is 172 Å². The van der Waals surface area contributed by atoms with Crippen molar-refractivity contribution in [2.45, 2.75) is 50.1 Å². The highest BCUT2D eigenvalue weighted by Gasteiger charge is 2.29. The molecule has 8 heteroatoms. The molecule has 1 heterocycles. The van der Waals surface area contributed by atoms with Crippen molar-refractivity contribution in [2.75, 3.05) is 14.2 Å². The molecule has 29 heavy (non-hydrogen) atoms. The molecule has 0 aliphatic heterocycles. The SMILES string of the molecule is COc1ccc(C(=O)N(C)Cc2ccco2)cc1S(=O)(=O)NC1CCCCC1C. The molecule has 0 saturated heterocycles. The Hall–Kier alpha value is -2.32. The van der Waals surface area contributed by atoms with Gasteiger partial charge in [0, 0.05) is 18.7 Å². The van der Waals surface area contributed by atoms with E-state index in [-0.39, 0.29) is 40.6 Å². The molecule has 3 rings (SSSR count). The van der Waals surface area contributed by atoms with Gasteiger partial charge in [-0.3, -0.25) is 4.79 Å². The van der Waals surface area contributed by atoms with E-state index in [9.17, 15) is 13.2 Å². The zero-order valence-corrected chi connectivity index (χ0v) is 17.9. The number of rotatable bonds is 7. The van der Waals surface area contributed by atoms with Crippen molar-refractivity contribution in [3.8, 4) is 5.75 Å². The molecule has 1 aliphatic carbocycles. The highest BCUT2D eigenvalue weighted by atomic mass is 32.2. The average molecular weight is 421 g/mol. The summed E-state index contributed by atoms with van der Waals surface area (Å²) in [5.41, 5.74) is 0.275. The molecule has 1 aromatic heterocycles. The van der Waals surface area contributed by atoms with E-state index in [0.717, 1.165) is 25.7 Å². The van der Waals surface area contributed by atoms with Gasteiger partial charge in [0.15, 0.2) is 0 Å². The normalized spacial score (nSPS) is 19.7. The molecule has 2 atom stereocenters. The summed E-state index contributed by atoms with van der Waals surface area (Å²) in [6, 6.07) is 7.90. The molecule has 1 aliphatic rings. The number of carbonyl (C=O) groups is 1. The smallest absolute Gasteiger partial charge is 0.254 e. The molecule has 2 unspecified atom stereocenters. The first-order chi connectivity index (χ1) is 13.8. The Balaban J connectivity index is 1.85. The van der Waals surface area contributed by atoms with Crippen LogP contribution in [-0.2, 0) is 16.6 Å². The van der Waals surface area contributed by atoms with Gasteiger partial charge in [-0.15, -0.1) is 0 Å². The van der Waals surface area contributed by atoms with Gasteiger partial charge in [-0.1, -0.05) is 19.8 Å². The Kier molecular flexibility index (Phi) is 6.64. The molecule has 7 nitrogen and oxygen atoms in total. The lowest BCUT2D eigenvalue weighted by Gasteiger charge is -2.29. The first kappa shape index (κ1) is 21.4. The van der Waals surface area contributed by atoms with Crippen LogP contribution in [0.5, 0.6) is 5.75 Å². The van der Waals surface area contributed by atoms with Crippen molar-refractivity contribution in [3.63, 3.8) is 0 Å². The molecular weight excluding hydrogens is 392 g/mol. The number of furan rings is 1. The number of benzene rings is 1.